The van der Waals surface area contributed by atoms with Gasteiger partial charge in [-0.2, -0.15) is 0 Å². The number of aromatic nitrogens is 2. The topological polar surface area (TPSA) is 76.5 Å². The van der Waals surface area contributed by atoms with Crippen molar-refractivity contribution in [1.82, 2.24) is 9.97 Å². The molecule has 0 radical (unpaired) electrons. The Hall–Kier alpha value is -3.49. The summed E-state index contributed by atoms with van der Waals surface area (Å²) >= 11 is 0. The molecule has 3 rings (SSSR count). The predicted octanol–water partition coefficient (Wildman–Crippen LogP) is 5.71. The number of benzene rings is 2. The number of rotatable bonds is 8. The monoisotopic (exact) mass is 433 g/mol. The van der Waals surface area contributed by atoms with Crippen molar-refractivity contribution in [2.24, 2.45) is 0 Å². The van der Waals surface area contributed by atoms with Gasteiger partial charge in [-0.15, -0.1) is 13.2 Å². The second kappa shape index (κ2) is 9.55. The highest BCUT2D eigenvalue weighted by Gasteiger charge is 2.31. The van der Waals surface area contributed by atoms with Gasteiger partial charge in [0.15, 0.2) is 11.5 Å². The molecule has 2 N–H and O–H groups in total. The number of hydrogen-bond donors (Lipinski definition) is 2. The minimum absolute atomic E-state index is 0.0115. The van der Waals surface area contributed by atoms with Crippen LogP contribution in [-0.4, -0.2) is 28.5 Å². The lowest BCUT2D eigenvalue weighted by Gasteiger charge is -2.20. The van der Waals surface area contributed by atoms with E-state index in [0.29, 0.717) is 34.8 Å². The third kappa shape index (κ3) is 6.00. The van der Waals surface area contributed by atoms with E-state index in [1.807, 2.05) is 6.92 Å². The lowest BCUT2D eigenvalue weighted by atomic mass is 10.0. The number of alkyl halides is 3. The molecule has 1 heterocycles. The first kappa shape index (κ1) is 22.2. The lowest BCUT2D eigenvalue weighted by Crippen LogP contribution is -2.18. The van der Waals surface area contributed by atoms with Gasteiger partial charge in [0.05, 0.1) is 31.2 Å². The first-order valence-electron chi connectivity index (χ1n) is 9.60. The van der Waals surface area contributed by atoms with Crippen molar-refractivity contribution in [3.05, 3.63) is 60.4 Å². The number of nitrogens with zero attached hydrogens (tertiary/aromatic N) is 2. The third-order valence-corrected chi connectivity index (χ3v) is 4.50. The van der Waals surface area contributed by atoms with Crippen molar-refractivity contribution in [1.29, 1.82) is 0 Å². The van der Waals surface area contributed by atoms with E-state index in [4.69, 9.17) is 4.74 Å². The molecule has 164 valence electrons. The summed E-state index contributed by atoms with van der Waals surface area (Å²) in [6.45, 7) is 1.98. The van der Waals surface area contributed by atoms with Crippen LogP contribution in [0.2, 0.25) is 0 Å². The van der Waals surface area contributed by atoms with E-state index in [2.05, 4.69) is 20.0 Å². The maximum absolute atomic E-state index is 12.6. The van der Waals surface area contributed by atoms with Gasteiger partial charge < -0.3 is 19.9 Å². The smallest absolute Gasteiger partial charge is 0.504 e. The molecule has 0 aliphatic carbocycles. The first-order valence-corrected chi connectivity index (χ1v) is 9.60. The van der Waals surface area contributed by atoms with Gasteiger partial charge in [-0.1, -0.05) is 25.5 Å². The number of anilines is 1. The number of aromatic hydroxyl groups is 1. The fourth-order valence-electron chi connectivity index (χ4n) is 3.13. The highest BCUT2D eigenvalue weighted by atomic mass is 19.4. The van der Waals surface area contributed by atoms with Crippen LogP contribution < -0.4 is 14.8 Å². The highest BCUT2D eigenvalue weighted by Crippen LogP contribution is 2.32. The van der Waals surface area contributed by atoms with Crippen LogP contribution in [0.15, 0.2) is 54.9 Å². The van der Waals surface area contributed by atoms with E-state index in [9.17, 15) is 18.3 Å². The average Bonchev–Trinajstić information content (AvgIpc) is 2.73. The second-order valence-electron chi connectivity index (χ2n) is 6.78. The van der Waals surface area contributed by atoms with Crippen molar-refractivity contribution >= 4 is 5.82 Å². The van der Waals surface area contributed by atoms with Crippen molar-refractivity contribution in [2.75, 3.05) is 12.4 Å². The molecule has 9 heteroatoms. The molecule has 0 aliphatic rings. The predicted molar refractivity (Wildman–Crippen MR) is 110 cm³/mol. The Kier molecular flexibility index (Phi) is 6.84. The number of halogens is 3. The Bertz CT molecular complexity index is 1030. The zero-order valence-electron chi connectivity index (χ0n) is 17.0. The molecule has 2 aromatic carbocycles. The van der Waals surface area contributed by atoms with Gasteiger partial charge in [0, 0.05) is 5.56 Å². The molecule has 0 amide bonds. The maximum atomic E-state index is 12.6. The number of ether oxygens (including phenoxy) is 2. The fraction of sp³-hybridized carbons (Fsp3) is 0.273. The van der Waals surface area contributed by atoms with Gasteiger partial charge in [0.2, 0.25) is 0 Å². The lowest BCUT2D eigenvalue weighted by molar-refractivity contribution is -0.274. The van der Waals surface area contributed by atoms with Crippen molar-refractivity contribution in [3.63, 3.8) is 0 Å². The number of hydrogen-bond acceptors (Lipinski definition) is 6. The molecule has 0 spiro atoms. The largest absolute Gasteiger partial charge is 0.573 e. The number of methoxy groups -OCH3 is 1. The molecule has 1 unspecified atom stereocenters. The average molecular weight is 433 g/mol. The van der Waals surface area contributed by atoms with Crippen LogP contribution >= 0.6 is 0 Å². The van der Waals surface area contributed by atoms with Gasteiger partial charge in [0.1, 0.15) is 11.6 Å². The van der Waals surface area contributed by atoms with Crippen LogP contribution in [0.5, 0.6) is 17.2 Å². The quantitative estimate of drug-likeness (QED) is 0.474. The van der Waals surface area contributed by atoms with Gasteiger partial charge in [-0.3, -0.25) is 4.98 Å². The molecule has 31 heavy (non-hydrogen) atoms. The van der Waals surface area contributed by atoms with Crippen LogP contribution in [-0.2, 0) is 0 Å². The number of phenols is 1. The summed E-state index contributed by atoms with van der Waals surface area (Å²) in [4.78, 5) is 8.77. The van der Waals surface area contributed by atoms with Gasteiger partial charge >= 0.3 is 6.36 Å². The molecule has 1 atom stereocenters. The zero-order valence-corrected chi connectivity index (χ0v) is 17.0. The van der Waals surface area contributed by atoms with Crippen molar-refractivity contribution < 1.29 is 27.8 Å². The molecule has 0 saturated carbocycles. The Morgan fingerprint density at radius 1 is 1.13 bits per heavy atom. The first-order chi connectivity index (χ1) is 14.8. The number of nitrogens with one attached hydrogen (secondary N) is 1. The molecule has 3 aromatic rings. The molecule has 0 saturated heterocycles. The standard InChI is InChI=1S/C22H22F3N3O3/c1-3-5-17(14-6-4-7-16(10-14)31-22(23,24)25)27-21-13-26-12-18(28-21)15-8-9-19(29)20(11-15)30-2/h4,6-13,17,29H,3,5H2,1-2H3,(H,27,28). The molecule has 0 bridgehead atoms. The van der Waals surface area contributed by atoms with Crippen LogP contribution in [0.3, 0.4) is 0 Å². The third-order valence-electron chi connectivity index (χ3n) is 4.50. The summed E-state index contributed by atoms with van der Waals surface area (Å²) in [5.41, 5.74) is 1.88. The molecule has 0 aliphatic heterocycles. The van der Waals surface area contributed by atoms with Gasteiger partial charge in [0.25, 0.3) is 0 Å². The molecule has 1 aromatic heterocycles. The molecular formula is C22H22F3N3O3. The SMILES string of the molecule is CCCC(Nc1cncc(-c2ccc(O)c(OC)c2)n1)c1cccc(OC(F)(F)F)c1. The van der Waals surface area contributed by atoms with E-state index < -0.39 is 6.36 Å². The van der Waals surface area contributed by atoms with E-state index in [1.165, 1.54) is 31.4 Å². The van der Waals surface area contributed by atoms with Crippen LogP contribution in [0.1, 0.15) is 31.4 Å². The number of phenolic OH excluding ortho intramolecular Hbond substituents is 1. The summed E-state index contributed by atoms with van der Waals surface area (Å²) in [6, 6.07) is 10.4. The van der Waals surface area contributed by atoms with Crippen molar-refractivity contribution in [3.8, 4) is 28.5 Å². The second-order valence-corrected chi connectivity index (χ2v) is 6.78. The van der Waals surface area contributed by atoms with Gasteiger partial charge in [-0.25, -0.2) is 4.98 Å². The van der Waals surface area contributed by atoms with Gasteiger partial charge in [-0.05, 0) is 42.3 Å². The van der Waals surface area contributed by atoms with E-state index in [-0.39, 0.29) is 17.5 Å². The summed E-state index contributed by atoms with van der Waals surface area (Å²) in [7, 11) is 1.45. The minimum atomic E-state index is -4.75. The molecule has 6 nitrogen and oxygen atoms in total. The van der Waals surface area contributed by atoms with E-state index in [1.54, 1.807) is 30.6 Å². The summed E-state index contributed by atoms with van der Waals surface area (Å²) < 4.78 is 46.9. The Morgan fingerprint density at radius 3 is 2.65 bits per heavy atom. The Morgan fingerprint density at radius 2 is 1.94 bits per heavy atom. The Balaban J connectivity index is 1.86. The van der Waals surface area contributed by atoms with Crippen molar-refractivity contribution in [2.45, 2.75) is 32.2 Å². The molecular weight excluding hydrogens is 411 g/mol. The molecule has 0 fully saturated rings. The summed E-state index contributed by atoms with van der Waals surface area (Å²) in [5.74, 6) is 0.509. The van der Waals surface area contributed by atoms with E-state index >= 15 is 0 Å². The summed E-state index contributed by atoms with van der Waals surface area (Å²) in [6.07, 6.45) is -0.181. The maximum Gasteiger partial charge on any atom is 0.573 e. The van der Waals surface area contributed by atoms with Crippen LogP contribution in [0.25, 0.3) is 11.3 Å². The summed E-state index contributed by atoms with van der Waals surface area (Å²) in [5, 5.41) is 13.0. The minimum Gasteiger partial charge on any atom is -0.504 e. The normalized spacial score (nSPS) is 12.3. The Labute approximate surface area is 177 Å². The van der Waals surface area contributed by atoms with Crippen LogP contribution in [0, 0.1) is 0 Å². The van der Waals surface area contributed by atoms with E-state index in [0.717, 1.165) is 6.42 Å². The zero-order chi connectivity index (χ0) is 22.4. The highest BCUT2D eigenvalue weighted by molar-refractivity contribution is 5.64. The fourth-order valence-corrected chi connectivity index (χ4v) is 3.13. The van der Waals surface area contributed by atoms with Crippen LogP contribution in [0.4, 0.5) is 19.0 Å².